The van der Waals surface area contributed by atoms with Gasteiger partial charge in [0.15, 0.2) is 5.75 Å². The maximum atomic E-state index is 13.4. The largest absolute Gasteiger partial charge is 0.425 e. The molecule has 4 heteroatoms. The van der Waals surface area contributed by atoms with Crippen LogP contribution in [-0.4, -0.2) is 5.97 Å². The molecule has 1 aromatic carbocycles. The molecule has 0 aromatic heterocycles. The number of benzene rings is 1. The van der Waals surface area contributed by atoms with Gasteiger partial charge in [0.1, 0.15) is 10.8 Å². The van der Waals surface area contributed by atoms with Gasteiger partial charge in [-0.05, 0) is 68.4 Å². The molecule has 0 heterocycles. The Morgan fingerprint density at radius 1 is 1.04 bits per heavy atom. The Hall–Kier alpha value is -1.09. The lowest BCUT2D eigenvalue weighted by atomic mass is 9.69. The van der Waals surface area contributed by atoms with Crippen LogP contribution in [0.3, 0.4) is 0 Å². The van der Waals surface area contributed by atoms with E-state index in [1.54, 1.807) is 0 Å². The van der Waals surface area contributed by atoms with Crippen LogP contribution in [0.15, 0.2) is 18.2 Å². The van der Waals surface area contributed by atoms with E-state index in [-0.39, 0.29) is 22.7 Å². The maximum Gasteiger partial charge on any atom is 0.314 e. The lowest BCUT2D eigenvalue weighted by Crippen LogP contribution is -2.29. The normalized spacial score (nSPS) is 30.8. The van der Waals surface area contributed by atoms with Crippen LogP contribution in [0.1, 0.15) is 58.3 Å². The Balaban J connectivity index is 1.51. The van der Waals surface area contributed by atoms with E-state index in [0.29, 0.717) is 0 Å². The Morgan fingerprint density at radius 2 is 1.62 bits per heavy atom. The topological polar surface area (TPSA) is 26.3 Å². The Morgan fingerprint density at radius 3 is 2.25 bits per heavy atom. The van der Waals surface area contributed by atoms with Gasteiger partial charge in [-0.15, -0.1) is 0 Å². The second-order valence-corrected chi connectivity index (χ2v) is 7.98. The molecule has 0 amide bonds. The summed E-state index contributed by atoms with van der Waals surface area (Å²) in [5.41, 5.74) is 0. The van der Waals surface area contributed by atoms with Crippen molar-refractivity contribution in [1.82, 2.24) is 0 Å². The van der Waals surface area contributed by atoms with E-state index in [4.69, 9.17) is 16.3 Å². The van der Waals surface area contributed by atoms with Gasteiger partial charge in [0, 0.05) is 0 Å². The first-order chi connectivity index (χ1) is 11.5. The molecule has 2 saturated carbocycles. The van der Waals surface area contributed by atoms with Gasteiger partial charge in [-0.3, -0.25) is 4.79 Å². The van der Waals surface area contributed by atoms with E-state index in [9.17, 15) is 9.18 Å². The molecule has 1 aromatic rings. The highest BCUT2D eigenvalue weighted by Crippen LogP contribution is 2.41. The van der Waals surface area contributed by atoms with Gasteiger partial charge in [-0.2, -0.15) is 0 Å². The zero-order chi connectivity index (χ0) is 17.1. The third kappa shape index (κ3) is 4.11. The zero-order valence-electron chi connectivity index (χ0n) is 14.3. The van der Waals surface area contributed by atoms with Gasteiger partial charge in [0.2, 0.25) is 0 Å². The lowest BCUT2D eigenvalue weighted by Gasteiger charge is -2.36. The summed E-state index contributed by atoms with van der Waals surface area (Å²) in [7, 11) is 0. The lowest BCUT2D eigenvalue weighted by molar-refractivity contribution is -0.140. The van der Waals surface area contributed by atoms with Crippen molar-refractivity contribution in [3.8, 4) is 5.75 Å². The summed E-state index contributed by atoms with van der Waals surface area (Å²) in [5, 5.41) is -0.115. The monoisotopic (exact) mass is 352 g/mol. The minimum atomic E-state index is -0.558. The third-order valence-electron chi connectivity index (χ3n) is 5.96. The maximum absolute atomic E-state index is 13.4. The molecule has 0 bridgehead atoms. The number of rotatable bonds is 3. The minimum absolute atomic E-state index is 0.0805. The van der Waals surface area contributed by atoms with Crippen molar-refractivity contribution in [2.45, 2.75) is 58.3 Å². The number of ether oxygens (including phenoxy) is 1. The highest BCUT2D eigenvalue weighted by molar-refractivity contribution is 6.32. The molecule has 2 aliphatic rings. The molecule has 0 atom stereocenters. The van der Waals surface area contributed by atoms with Crippen molar-refractivity contribution >= 4 is 17.6 Å². The summed E-state index contributed by atoms with van der Waals surface area (Å²) in [6.07, 6.45) is 9.37. The summed E-state index contributed by atoms with van der Waals surface area (Å²) < 4.78 is 18.8. The molecule has 132 valence electrons. The molecule has 2 nitrogen and oxygen atoms in total. The van der Waals surface area contributed by atoms with Crippen LogP contribution >= 0.6 is 11.6 Å². The number of carbonyl (C=O) groups is 1. The number of hydrogen-bond donors (Lipinski definition) is 0. The predicted octanol–water partition coefficient (Wildman–Crippen LogP) is 6.02. The van der Waals surface area contributed by atoms with E-state index in [1.807, 2.05) is 0 Å². The van der Waals surface area contributed by atoms with Crippen molar-refractivity contribution in [2.24, 2.45) is 23.7 Å². The van der Waals surface area contributed by atoms with Gasteiger partial charge in [0.05, 0.1) is 5.92 Å². The fourth-order valence-electron chi connectivity index (χ4n) is 4.34. The Kier molecular flexibility index (Phi) is 5.80. The van der Waals surface area contributed by atoms with E-state index in [2.05, 4.69) is 6.92 Å². The van der Waals surface area contributed by atoms with Gasteiger partial charge < -0.3 is 4.74 Å². The second-order valence-electron chi connectivity index (χ2n) is 7.60. The van der Waals surface area contributed by atoms with Crippen LogP contribution < -0.4 is 4.74 Å². The third-order valence-corrected chi connectivity index (χ3v) is 6.33. The van der Waals surface area contributed by atoms with Crippen LogP contribution in [0.25, 0.3) is 0 Å². The molecular formula is C20H26ClFO2. The number of esters is 1. The molecule has 2 fully saturated rings. The minimum Gasteiger partial charge on any atom is -0.425 e. The van der Waals surface area contributed by atoms with Crippen molar-refractivity contribution < 1.29 is 13.9 Å². The molecule has 0 radical (unpaired) electrons. The fourth-order valence-corrected chi connectivity index (χ4v) is 4.50. The molecular weight excluding hydrogens is 327 g/mol. The van der Waals surface area contributed by atoms with Gasteiger partial charge >= 0.3 is 5.97 Å². The summed E-state index contributed by atoms with van der Waals surface area (Å²) in [4.78, 5) is 12.4. The average Bonchev–Trinajstić information content (AvgIpc) is 2.60. The van der Waals surface area contributed by atoms with Crippen molar-refractivity contribution in [1.29, 1.82) is 0 Å². The number of halogens is 2. The van der Waals surface area contributed by atoms with Gasteiger partial charge in [-0.25, -0.2) is 4.39 Å². The molecule has 0 aliphatic heterocycles. The Bertz CT molecular complexity index is 573. The SMILES string of the molecule is CC1CCC(C2CCC(C(=O)Oc3cccc(F)c3Cl)CC2)CC1. The van der Waals surface area contributed by atoms with Crippen LogP contribution in [0.5, 0.6) is 5.75 Å². The average molecular weight is 353 g/mol. The van der Waals surface area contributed by atoms with E-state index >= 15 is 0 Å². The Labute approximate surface area is 148 Å². The van der Waals surface area contributed by atoms with Gasteiger partial charge in [-0.1, -0.05) is 37.4 Å². The first kappa shape index (κ1) is 17.7. The van der Waals surface area contributed by atoms with Crippen LogP contribution in [0.2, 0.25) is 5.02 Å². The van der Waals surface area contributed by atoms with Gasteiger partial charge in [0.25, 0.3) is 0 Å². The molecule has 2 aliphatic carbocycles. The molecule has 24 heavy (non-hydrogen) atoms. The summed E-state index contributed by atoms with van der Waals surface area (Å²) >= 11 is 5.86. The van der Waals surface area contributed by atoms with Crippen molar-refractivity contribution in [2.75, 3.05) is 0 Å². The molecule has 0 unspecified atom stereocenters. The summed E-state index contributed by atoms with van der Waals surface area (Å²) in [6.45, 7) is 2.35. The van der Waals surface area contributed by atoms with Crippen molar-refractivity contribution in [3.05, 3.63) is 29.0 Å². The molecule has 3 rings (SSSR count). The first-order valence-corrected chi connectivity index (χ1v) is 9.58. The highest BCUT2D eigenvalue weighted by Gasteiger charge is 2.33. The smallest absolute Gasteiger partial charge is 0.314 e. The van der Waals surface area contributed by atoms with Crippen LogP contribution in [-0.2, 0) is 4.79 Å². The molecule has 0 N–H and O–H groups in total. The zero-order valence-corrected chi connectivity index (χ0v) is 15.0. The molecule has 0 saturated heterocycles. The van der Waals surface area contributed by atoms with Crippen LogP contribution in [0, 0.1) is 29.5 Å². The first-order valence-electron chi connectivity index (χ1n) is 9.20. The fraction of sp³-hybridized carbons (Fsp3) is 0.650. The van der Waals surface area contributed by atoms with E-state index in [1.165, 1.54) is 43.9 Å². The summed E-state index contributed by atoms with van der Waals surface area (Å²) in [6, 6.07) is 4.30. The molecule has 0 spiro atoms. The highest BCUT2D eigenvalue weighted by atomic mass is 35.5. The van der Waals surface area contributed by atoms with E-state index in [0.717, 1.165) is 43.4 Å². The van der Waals surface area contributed by atoms with E-state index < -0.39 is 5.82 Å². The standard InChI is InChI=1S/C20H26ClFO2/c1-13-5-7-14(8-6-13)15-9-11-16(12-10-15)20(23)24-18-4-2-3-17(22)19(18)21/h2-4,13-16H,5-12H2,1H3. The second kappa shape index (κ2) is 7.86. The predicted molar refractivity (Wildman–Crippen MR) is 93.6 cm³/mol. The van der Waals surface area contributed by atoms with Crippen molar-refractivity contribution in [3.63, 3.8) is 0 Å². The number of carbonyl (C=O) groups excluding carboxylic acids is 1. The quantitative estimate of drug-likeness (QED) is 0.491. The number of hydrogen-bond acceptors (Lipinski definition) is 2. The van der Waals surface area contributed by atoms with Crippen LogP contribution in [0.4, 0.5) is 4.39 Å². The summed E-state index contributed by atoms with van der Waals surface area (Å²) in [5.74, 6) is 1.71.